The number of halogens is 1. The summed E-state index contributed by atoms with van der Waals surface area (Å²) < 4.78 is 0. The molecule has 0 unspecified atom stereocenters. The molecule has 0 aliphatic carbocycles. The molecule has 3 aromatic carbocycles. The molecule has 0 fully saturated rings. The lowest BCUT2D eigenvalue weighted by Gasteiger charge is -2.21. The summed E-state index contributed by atoms with van der Waals surface area (Å²) in [5, 5.41) is 3.82. The molecule has 0 spiro atoms. The lowest BCUT2D eigenvalue weighted by molar-refractivity contribution is -0.120. The zero-order chi connectivity index (χ0) is 23.0. The van der Waals surface area contributed by atoms with Crippen molar-refractivity contribution in [3.63, 3.8) is 0 Å². The molecule has 0 radical (unpaired) electrons. The maximum Gasteiger partial charge on any atom is 0.282 e. The van der Waals surface area contributed by atoms with Crippen molar-refractivity contribution >= 4 is 40.4 Å². The van der Waals surface area contributed by atoms with Gasteiger partial charge in [-0.1, -0.05) is 74.8 Å². The van der Waals surface area contributed by atoms with Gasteiger partial charge in [-0.15, -0.1) is 0 Å². The number of rotatable bonds is 4. The molecule has 5 heteroatoms. The van der Waals surface area contributed by atoms with Crippen molar-refractivity contribution in [1.82, 2.24) is 0 Å². The van der Waals surface area contributed by atoms with Crippen LogP contribution in [-0.2, 0) is 15.0 Å². The molecule has 1 N–H and O–H groups in total. The van der Waals surface area contributed by atoms with E-state index in [0.29, 0.717) is 21.8 Å². The van der Waals surface area contributed by atoms with E-state index in [4.69, 9.17) is 11.6 Å². The number of nitrogens with zero attached hydrogens (tertiary/aromatic N) is 1. The second-order valence-electron chi connectivity index (χ2n) is 8.94. The number of benzene rings is 3. The van der Waals surface area contributed by atoms with Crippen molar-refractivity contribution in [2.75, 3.05) is 10.2 Å². The van der Waals surface area contributed by atoms with Gasteiger partial charge in [0.1, 0.15) is 5.70 Å². The van der Waals surface area contributed by atoms with E-state index in [1.807, 2.05) is 73.7 Å². The van der Waals surface area contributed by atoms with E-state index in [0.717, 1.165) is 16.8 Å². The number of amides is 2. The Kier molecular flexibility index (Phi) is 5.66. The van der Waals surface area contributed by atoms with Gasteiger partial charge in [-0.05, 0) is 59.4 Å². The van der Waals surface area contributed by atoms with E-state index in [2.05, 4.69) is 26.1 Å². The second kappa shape index (κ2) is 8.29. The van der Waals surface area contributed by atoms with Crippen molar-refractivity contribution in [3.05, 3.63) is 100 Å². The Hall–Kier alpha value is -3.37. The van der Waals surface area contributed by atoms with Crippen LogP contribution in [0.4, 0.5) is 11.4 Å². The van der Waals surface area contributed by atoms with Gasteiger partial charge in [-0.2, -0.15) is 0 Å². The molecule has 0 atom stereocenters. The van der Waals surface area contributed by atoms with Crippen LogP contribution in [0.1, 0.15) is 37.5 Å². The van der Waals surface area contributed by atoms with Crippen molar-refractivity contribution in [3.8, 4) is 0 Å². The molecule has 0 bridgehead atoms. The minimum absolute atomic E-state index is 0.0240. The Labute approximate surface area is 193 Å². The van der Waals surface area contributed by atoms with Crippen molar-refractivity contribution < 1.29 is 9.59 Å². The number of carbonyl (C=O) groups excluding carboxylic acids is 2. The van der Waals surface area contributed by atoms with E-state index in [1.54, 1.807) is 6.07 Å². The van der Waals surface area contributed by atoms with Crippen LogP contribution < -0.4 is 10.2 Å². The number of imide groups is 1. The summed E-state index contributed by atoms with van der Waals surface area (Å²) in [6.07, 6.45) is 0. The van der Waals surface area contributed by atoms with Gasteiger partial charge in [0.2, 0.25) is 0 Å². The maximum absolute atomic E-state index is 13.5. The summed E-state index contributed by atoms with van der Waals surface area (Å²) in [6.45, 7) is 8.28. The first kappa shape index (κ1) is 21.8. The maximum atomic E-state index is 13.5. The zero-order valence-corrected chi connectivity index (χ0v) is 19.3. The average molecular weight is 445 g/mol. The highest BCUT2D eigenvalue weighted by molar-refractivity contribution is 6.46. The lowest BCUT2D eigenvalue weighted by atomic mass is 9.87. The van der Waals surface area contributed by atoms with Crippen LogP contribution in [0.2, 0.25) is 5.02 Å². The minimum Gasteiger partial charge on any atom is -0.350 e. The Morgan fingerprint density at radius 3 is 2.09 bits per heavy atom. The van der Waals surface area contributed by atoms with Crippen molar-refractivity contribution in [1.29, 1.82) is 0 Å². The molecular weight excluding hydrogens is 420 g/mol. The molecule has 1 aliphatic heterocycles. The van der Waals surface area contributed by atoms with Crippen LogP contribution in [0.3, 0.4) is 0 Å². The van der Waals surface area contributed by atoms with Crippen LogP contribution >= 0.6 is 11.6 Å². The van der Waals surface area contributed by atoms with Gasteiger partial charge in [-0.25, -0.2) is 4.90 Å². The fraction of sp³-hybridized carbons (Fsp3) is 0.185. The van der Waals surface area contributed by atoms with E-state index in [-0.39, 0.29) is 22.9 Å². The molecule has 0 saturated carbocycles. The predicted octanol–water partition coefficient (Wildman–Crippen LogP) is 6.34. The van der Waals surface area contributed by atoms with Crippen LogP contribution in [0.5, 0.6) is 0 Å². The molecule has 1 heterocycles. The van der Waals surface area contributed by atoms with E-state index < -0.39 is 0 Å². The molecule has 3 aromatic rings. The van der Waals surface area contributed by atoms with Gasteiger partial charge in [0.05, 0.1) is 11.3 Å². The van der Waals surface area contributed by atoms with E-state index >= 15 is 0 Å². The van der Waals surface area contributed by atoms with E-state index in [9.17, 15) is 9.59 Å². The third kappa shape index (κ3) is 4.06. The number of anilines is 2. The van der Waals surface area contributed by atoms with Crippen LogP contribution in [0.25, 0.3) is 5.57 Å². The number of aryl methyl sites for hydroxylation is 1. The fourth-order valence-corrected chi connectivity index (χ4v) is 3.99. The number of nitrogens with one attached hydrogen (secondary N) is 1. The second-order valence-corrected chi connectivity index (χ2v) is 9.38. The first-order chi connectivity index (χ1) is 15.2. The van der Waals surface area contributed by atoms with Gasteiger partial charge < -0.3 is 5.32 Å². The Balaban J connectivity index is 1.78. The summed E-state index contributed by atoms with van der Waals surface area (Å²) in [5.41, 5.74) is 4.56. The molecule has 0 saturated heterocycles. The molecule has 2 amide bonds. The molecule has 32 heavy (non-hydrogen) atoms. The predicted molar refractivity (Wildman–Crippen MR) is 131 cm³/mol. The Morgan fingerprint density at radius 2 is 1.50 bits per heavy atom. The van der Waals surface area contributed by atoms with Gasteiger partial charge >= 0.3 is 0 Å². The monoisotopic (exact) mass is 444 g/mol. The average Bonchev–Trinajstić information content (AvgIpc) is 2.99. The number of carbonyl (C=O) groups is 2. The molecule has 4 rings (SSSR count). The number of hydrogen-bond acceptors (Lipinski definition) is 3. The SMILES string of the molecule is Cc1cc(Cl)ccc1NC1=C(c2ccccc2)C(=O)N(c2ccc(C(C)(C)C)cc2)C1=O. The highest BCUT2D eigenvalue weighted by Gasteiger charge is 2.40. The van der Waals surface area contributed by atoms with Gasteiger partial charge in [0.25, 0.3) is 11.8 Å². The third-order valence-corrected chi connectivity index (χ3v) is 5.82. The largest absolute Gasteiger partial charge is 0.350 e. The normalized spacial score (nSPS) is 14.3. The highest BCUT2D eigenvalue weighted by atomic mass is 35.5. The first-order valence-electron chi connectivity index (χ1n) is 10.5. The quantitative estimate of drug-likeness (QED) is 0.477. The summed E-state index contributed by atoms with van der Waals surface area (Å²) in [6, 6.07) is 22.2. The topological polar surface area (TPSA) is 49.4 Å². The molecule has 4 nitrogen and oxygen atoms in total. The molecular formula is C27H25ClN2O2. The third-order valence-electron chi connectivity index (χ3n) is 5.59. The van der Waals surface area contributed by atoms with Crippen LogP contribution in [0, 0.1) is 6.92 Å². The highest BCUT2D eigenvalue weighted by Crippen LogP contribution is 2.35. The fourth-order valence-electron chi connectivity index (χ4n) is 3.77. The summed E-state index contributed by atoms with van der Waals surface area (Å²) in [4.78, 5) is 28.3. The van der Waals surface area contributed by atoms with Gasteiger partial charge in [-0.3, -0.25) is 9.59 Å². The standard InChI is InChI=1S/C27H25ClN2O2/c1-17-16-20(28)12-15-22(17)29-24-23(18-8-6-5-7-9-18)25(31)30(26(24)32)21-13-10-19(11-14-21)27(2,3)4/h5-16,29H,1-4H3. The zero-order valence-electron chi connectivity index (χ0n) is 18.6. The molecule has 0 aromatic heterocycles. The molecule has 162 valence electrons. The summed E-state index contributed by atoms with van der Waals surface area (Å²) in [5.74, 6) is -0.731. The summed E-state index contributed by atoms with van der Waals surface area (Å²) in [7, 11) is 0. The lowest BCUT2D eigenvalue weighted by Crippen LogP contribution is -2.32. The van der Waals surface area contributed by atoms with Crippen LogP contribution in [-0.4, -0.2) is 11.8 Å². The van der Waals surface area contributed by atoms with Gasteiger partial charge in [0.15, 0.2) is 0 Å². The van der Waals surface area contributed by atoms with E-state index in [1.165, 1.54) is 4.90 Å². The Bertz CT molecular complexity index is 1220. The van der Waals surface area contributed by atoms with Crippen molar-refractivity contribution in [2.24, 2.45) is 0 Å². The van der Waals surface area contributed by atoms with Crippen molar-refractivity contribution in [2.45, 2.75) is 33.1 Å². The Morgan fingerprint density at radius 1 is 0.844 bits per heavy atom. The summed E-state index contributed by atoms with van der Waals surface area (Å²) >= 11 is 6.09. The minimum atomic E-state index is -0.383. The van der Waals surface area contributed by atoms with Crippen LogP contribution in [0.15, 0.2) is 78.5 Å². The number of hydrogen-bond donors (Lipinski definition) is 1. The smallest absolute Gasteiger partial charge is 0.282 e. The first-order valence-corrected chi connectivity index (χ1v) is 10.9. The molecule has 1 aliphatic rings. The van der Waals surface area contributed by atoms with Gasteiger partial charge in [0, 0.05) is 10.7 Å².